The van der Waals surface area contributed by atoms with Crippen molar-refractivity contribution < 1.29 is 19.0 Å². The lowest BCUT2D eigenvalue weighted by atomic mass is 10.0. The fourth-order valence-electron chi connectivity index (χ4n) is 2.61. The lowest BCUT2D eigenvalue weighted by molar-refractivity contribution is 0.0525. The van der Waals surface area contributed by atoms with Gasteiger partial charge in [0.2, 0.25) is 0 Å². The summed E-state index contributed by atoms with van der Waals surface area (Å²) >= 11 is 3.39. The molecule has 7 heteroatoms. The number of hydrogen-bond donors (Lipinski definition) is 0. The number of carbonyl (C=O) groups excluding carboxylic acids is 1. The van der Waals surface area contributed by atoms with E-state index in [0.717, 1.165) is 10.0 Å². The smallest absolute Gasteiger partial charge is 0.342 e. The normalized spacial score (nSPS) is 10.4. The van der Waals surface area contributed by atoms with E-state index in [9.17, 15) is 4.79 Å². The molecule has 2 aromatic carbocycles. The molecule has 28 heavy (non-hydrogen) atoms. The standard InChI is InChI=1S/C21H19BrN2O4/c1-4-27-20(25)18-13(2)23-21(28-17-11-7-15(22)8-12-17)24-19(18)14-5-9-16(26-3)10-6-14/h5-12H,4H2,1-3H3. The number of carbonyl (C=O) groups is 1. The monoisotopic (exact) mass is 442 g/mol. The summed E-state index contributed by atoms with van der Waals surface area (Å²) in [7, 11) is 1.60. The van der Waals surface area contributed by atoms with Crippen molar-refractivity contribution in [2.75, 3.05) is 13.7 Å². The predicted molar refractivity (Wildman–Crippen MR) is 109 cm³/mol. The highest BCUT2D eigenvalue weighted by molar-refractivity contribution is 9.10. The number of nitrogens with zero attached hydrogens (tertiary/aromatic N) is 2. The molecular weight excluding hydrogens is 424 g/mol. The van der Waals surface area contributed by atoms with Gasteiger partial charge in [0.25, 0.3) is 0 Å². The zero-order valence-corrected chi connectivity index (χ0v) is 17.3. The van der Waals surface area contributed by atoms with Crippen molar-refractivity contribution in [3.63, 3.8) is 0 Å². The fourth-order valence-corrected chi connectivity index (χ4v) is 2.87. The minimum absolute atomic E-state index is 0.152. The van der Waals surface area contributed by atoms with E-state index >= 15 is 0 Å². The molecule has 0 bridgehead atoms. The van der Waals surface area contributed by atoms with Crippen LogP contribution in [0.2, 0.25) is 0 Å². The SMILES string of the molecule is CCOC(=O)c1c(C)nc(Oc2ccc(Br)cc2)nc1-c1ccc(OC)cc1. The fraction of sp³-hybridized carbons (Fsp3) is 0.190. The van der Waals surface area contributed by atoms with E-state index in [0.29, 0.717) is 28.5 Å². The van der Waals surface area contributed by atoms with Gasteiger partial charge in [-0.05, 0) is 62.4 Å². The van der Waals surface area contributed by atoms with E-state index < -0.39 is 5.97 Å². The topological polar surface area (TPSA) is 70.5 Å². The third-order valence-electron chi connectivity index (χ3n) is 3.94. The summed E-state index contributed by atoms with van der Waals surface area (Å²) in [6.07, 6.45) is 0. The van der Waals surface area contributed by atoms with Gasteiger partial charge in [-0.2, -0.15) is 9.97 Å². The van der Waals surface area contributed by atoms with Crippen molar-refractivity contribution >= 4 is 21.9 Å². The Bertz CT molecular complexity index is 973. The van der Waals surface area contributed by atoms with Crippen molar-refractivity contribution in [3.05, 3.63) is 64.3 Å². The Morgan fingerprint density at radius 1 is 1.00 bits per heavy atom. The Hall–Kier alpha value is -2.93. The van der Waals surface area contributed by atoms with Gasteiger partial charge in [0.1, 0.15) is 17.1 Å². The van der Waals surface area contributed by atoms with E-state index in [1.54, 1.807) is 45.2 Å². The summed E-state index contributed by atoms with van der Waals surface area (Å²) in [5, 5.41) is 0. The second kappa shape index (κ2) is 8.84. The first-order valence-electron chi connectivity index (χ1n) is 8.65. The van der Waals surface area contributed by atoms with Gasteiger partial charge in [-0.15, -0.1) is 0 Å². The van der Waals surface area contributed by atoms with Gasteiger partial charge >= 0.3 is 12.0 Å². The lowest BCUT2D eigenvalue weighted by Crippen LogP contribution is -2.12. The van der Waals surface area contributed by atoms with Gasteiger partial charge < -0.3 is 14.2 Å². The molecule has 0 aliphatic heterocycles. The molecule has 0 atom stereocenters. The summed E-state index contributed by atoms with van der Waals surface area (Å²) in [6, 6.07) is 14.7. The van der Waals surface area contributed by atoms with Gasteiger partial charge in [0.05, 0.1) is 25.1 Å². The number of rotatable bonds is 6. The van der Waals surface area contributed by atoms with Crippen LogP contribution in [0, 0.1) is 6.92 Å². The molecule has 0 spiro atoms. The minimum Gasteiger partial charge on any atom is -0.497 e. The van der Waals surface area contributed by atoms with E-state index in [1.807, 2.05) is 24.3 Å². The third-order valence-corrected chi connectivity index (χ3v) is 4.46. The second-order valence-corrected chi connectivity index (χ2v) is 6.74. The van der Waals surface area contributed by atoms with Crippen LogP contribution in [0.15, 0.2) is 53.0 Å². The van der Waals surface area contributed by atoms with Crippen LogP contribution in [-0.2, 0) is 4.74 Å². The number of methoxy groups -OCH3 is 1. The molecule has 0 aliphatic carbocycles. The van der Waals surface area contributed by atoms with Crippen molar-refractivity contribution in [2.24, 2.45) is 0 Å². The number of esters is 1. The number of aromatic nitrogens is 2. The zero-order valence-electron chi connectivity index (χ0n) is 15.7. The molecule has 0 radical (unpaired) electrons. The lowest BCUT2D eigenvalue weighted by Gasteiger charge is -2.13. The third kappa shape index (κ3) is 4.48. The molecule has 144 valence electrons. The highest BCUT2D eigenvalue weighted by atomic mass is 79.9. The van der Waals surface area contributed by atoms with Gasteiger partial charge in [-0.1, -0.05) is 15.9 Å². The summed E-state index contributed by atoms with van der Waals surface area (Å²) in [4.78, 5) is 21.4. The molecule has 0 saturated heterocycles. The molecule has 0 saturated carbocycles. The molecule has 0 unspecified atom stereocenters. The van der Waals surface area contributed by atoms with Crippen molar-refractivity contribution in [1.82, 2.24) is 9.97 Å². The first-order chi connectivity index (χ1) is 13.5. The van der Waals surface area contributed by atoms with Crippen LogP contribution in [0.1, 0.15) is 23.0 Å². The van der Waals surface area contributed by atoms with Crippen molar-refractivity contribution in [3.8, 4) is 28.8 Å². The molecule has 3 rings (SSSR count). The maximum Gasteiger partial charge on any atom is 0.342 e. The Labute approximate surface area is 171 Å². The maximum absolute atomic E-state index is 12.5. The van der Waals surface area contributed by atoms with Crippen molar-refractivity contribution in [2.45, 2.75) is 13.8 Å². The average molecular weight is 443 g/mol. The highest BCUT2D eigenvalue weighted by Crippen LogP contribution is 2.29. The Balaban J connectivity index is 2.07. The molecule has 0 fully saturated rings. The number of aryl methyl sites for hydroxylation is 1. The summed E-state index contributed by atoms with van der Waals surface area (Å²) in [6.45, 7) is 3.75. The molecule has 0 amide bonds. The van der Waals surface area contributed by atoms with Crippen molar-refractivity contribution in [1.29, 1.82) is 0 Å². The van der Waals surface area contributed by atoms with Crippen LogP contribution in [0.4, 0.5) is 0 Å². The largest absolute Gasteiger partial charge is 0.497 e. The maximum atomic E-state index is 12.5. The first kappa shape index (κ1) is 19.8. The molecule has 1 aromatic heterocycles. The van der Waals surface area contributed by atoms with Gasteiger partial charge in [0, 0.05) is 10.0 Å². The zero-order chi connectivity index (χ0) is 20.1. The number of halogens is 1. The Morgan fingerprint density at radius 3 is 2.25 bits per heavy atom. The number of ether oxygens (including phenoxy) is 3. The van der Waals surface area contributed by atoms with Crippen LogP contribution in [0.3, 0.4) is 0 Å². The van der Waals surface area contributed by atoms with Crippen LogP contribution in [0.25, 0.3) is 11.3 Å². The Kier molecular flexibility index (Phi) is 6.26. The number of hydrogen-bond acceptors (Lipinski definition) is 6. The van der Waals surface area contributed by atoms with Gasteiger partial charge in [-0.3, -0.25) is 0 Å². The van der Waals surface area contributed by atoms with E-state index in [-0.39, 0.29) is 12.6 Å². The van der Waals surface area contributed by atoms with E-state index in [2.05, 4.69) is 25.9 Å². The molecule has 3 aromatic rings. The van der Waals surface area contributed by atoms with Crippen LogP contribution in [0.5, 0.6) is 17.5 Å². The average Bonchev–Trinajstić information content (AvgIpc) is 2.69. The Morgan fingerprint density at radius 2 is 1.64 bits per heavy atom. The van der Waals surface area contributed by atoms with Crippen LogP contribution in [-0.4, -0.2) is 29.7 Å². The van der Waals surface area contributed by atoms with Crippen LogP contribution < -0.4 is 9.47 Å². The quantitative estimate of drug-likeness (QED) is 0.489. The molecule has 0 aliphatic rings. The second-order valence-electron chi connectivity index (χ2n) is 5.82. The molecular formula is C21H19BrN2O4. The van der Waals surface area contributed by atoms with E-state index in [1.165, 1.54) is 0 Å². The van der Waals surface area contributed by atoms with Gasteiger partial charge in [0.15, 0.2) is 0 Å². The van der Waals surface area contributed by atoms with Gasteiger partial charge in [-0.25, -0.2) is 4.79 Å². The van der Waals surface area contributed by atoms with Crippen LogP contribution >= 0.6 is 15.9 Å². The first-order valence-corrected chi connectivity index (χ1v) is 9.44. The highest BCUT2D eigenvalue weighted by Gasteiger charge is 2.22. The predicted octanol–water partition coefficient (Wildman–Crippen LogP) is 5.19. The minimum atomic E-state index is -0.471. The summed E-state index contributed by atoms with van der Waals surface area (Å²) in [5.41, 5.74) is 1.97. The molecule has 6 nitrogen and oxygen atoms in total. The van der Waals surface area contributed by atoms with E-state index in [4.69, 9.17) is 14.2 Å². The molecule has 0 N–H and O–H groups in total. The summed E-state index contributed by atoms with van der Waals surface area (Å²) in [5.74, 6) is 0.826. The number of benzene rings is 2. The summed E-state index contributed by atoms with van der Waals surface area (Å²) < 4.78 is 17.1. The molecule has 1 heterocycles.